The standard InChI is InChI=1S/C13H10ClNO4/c1-8-4-11(2-3-13(8)14)19-12-6-9(15(17)18)5-10(16)7-12/h2-7,16H,1H3. The van der Waals surface area contributed by atoms with Crippen molar-refractivity contribution in [3.8, 4) is 17.2 Å². The molecule has 6 heteroatoms. The summed E-state index contributed by atoms with van der Waals surface area (Å²) in [5, 5.41) is 20.7. The third kappa shape index (κ3) is 3.14. The van der Waals surface area contributed by atoms with E-state index in [9.17, 15) is 15.2 Å². The number of nitro groups is 1. The third-order valence-corrected chi connectivity index (χ3v) is 2.88. The molecule has 0 unspecified atom stereocenters. The minimum atomic E-state index is -0.598. The molecule has 0 saturated heterocycles. The second kappa shape index (κ2) is 5.16. The molecule has 0 amide bonds. The average Bonchev–Trinajstić information content (AvgIpc) is 2.33. The minimum absolute atomic E-state index is 0.188. The first kappa shape index (κ1) is 13.2. The Bertz CT molecular complexity index is 643. The van der Waals surface area contributed by atoms with E-state index < -0.39 is 4.92 Å². The molecule has 1 N–H and O–H groups in total. The summed E-state index contributed by atoms with van der Waals surface area (Å²) in [5.41, 5.74) is 0.592. The predicted octanol–water partition coefficient (Wildman–Crippen LogP) is 4.05. The zero-order chi connectivity index (χ0) is 14.0. The molecule has 0 radical (unpaired) electrons. The molecule has 0 saturated carbocycles. The second-order valence-corrected chi connectivity index (χ2v) is 4.36. The van der Waals surface area contributed by atoms with Crippen LogP contribution in [-0.4, -0.2) is 10.0 Å². The van der Waals surface area contributed by atoms with Crippen LogP contribution >= 0.6 is 11.6 Å². The van der Waals surface area contributed by atoms with Gasteiger partial charge in [0.05, 0.1) is 17.1 Å². The maximum Gasteiger partial charge on any atom is 0.276 e. The Morgan fingerprint density at radius 3 is 2.58 bits per heavy atom. The second-order valence-electron chi connectivity index (χ2n) is 3.96. The van der Waals surface area contributed by atoms with Crippen LogP contribution in [0.15, 0.2) is 36.4 Å². The van der Waals surface area contributed by atoms with Crippen LogP contribution in [0.4, 0.5) is 5.69 Å². The van der Waals surface area contributed by atoms with Gasteiger partial charge in [-0.3, -0.25) is 10.1 Å². The fourth-order valence-electron chi connectivity index (χ4n) is 1.55. The summed E-state index contributed by atoms with van der Waals surface area (Å²) in [6, 6.07) is 8.62. The number of aromatic hydroxyl groups is 1. The van der Waals surface area contributed by atoms with Gasteiger partial charge < -0.3 is 9.84 Å². The Balaban J connectivity index is 2.32. The summed E-state index contributed by atoms with van der Waals surface area (Å²) < 4.78 is 5.46. The van der Waals surface area contributed by atoms with Gasteiger partial charge in [-0.05, 0) is 30.7 Å². The first-order valence-electron chi connectivity index (χ1n) is 5.38. The molecular formula is C13H10ClNO4. The van der Waals surface area contributed by atoms with Gasteiger partial charge in [-0.1, -0.05) is 11.6 Å². The van der Waals surface area contributed by atoms with Crippen LogP contribution < -0.4 is 4.74 Å². The summed E-state index contributed by atoms with van der Waals surface area (Å²) in [6.07, 6.45) is 0. The van der Waals surface area contributed by atoms with E-state index in [0.29, 0.717) is 10.8 Å². The molecule has 2 aromatic rings. The first-order chi connectivity index (χ1) is 8.95. The van der Waals surface area contributed by atoms with E-state index in [1.165, 1.54) is 12.1 Å². The molecule has 0 aromatic heterocycles. The van der Waals surface area contributed by atoms with Gasteiger partial charge in [-0.15, -0.1) is 0 Å². The van der Waals surface area contributed by atoms with Crippen molar-refractivity contribution in [2.75, 3.05) is 0 Å². The molecule has 0 heterocycles. The molecular weight excluding hydrogens is 270 g/mol. The SMILES string of the molecule is Cc1cc(Oc2cc(O)cc([N+](=O)[O-])c2)ccc1Cl. The summed E-state index contributed by atoms with van der Waals surface area (Å²) >= 11 is 5.89. The van der Waals surface area contributed by atoms with Crippen LogP contribution in [0.25, 0.3) is 0 Å². The van der Waals surface area contributed by atoms with Gasteiger partial charge in [0, 0.05) is 11.1 Å². The number of ether oxygens (including phenoxy) is 1. The lowest BCUT2D eigenvalue weighted by atomic mass is 10.2. The van der Waals surface area contributed by atoms with Crippen molar-refractivity contribution in [1.29, 1.82) is 0 Å². The van der Waals surface area contributed by atoms with Gasteiger partial charge in [-0.2, -0.15) is 0 Å². The van der Waals surface area contributed by atoms with E-state index in [0.717, 1.165) is 11.6 Å². The smallest absolute Gasteiger partial charge is 0.276 e. The van der Waals surface area contributed by atoms with E-state index in [4.69, 9.17) is 16.3 Å². The highest BCUT2D eigenvalue weighted by Crippen LogP contribution is 2.31. The van der Waals surface area contributed by atoms with E-state index >= 15 is 0 Å². The maximum absolute atomic E-state index is 10.7. The monoisotopic (exact) mass is 279 g/mol. The van der Waals surface area contributed by atoms with Crippen LogP contribution in [0.5, 0.6) is 17.2 Å². The van der Waals surface area contributed by atoms with Crippen molar-refractivity contribution in [2.45, 2.75) is 6.92 Å². The lowest BCUT2D eigenvalue weighted by Crippen LogP contribution is -1.90. The van der Waals surface area contributed by atoms with Gasteiger partial charge in [0.1, 0.15) is 17.2 Å². The number of benzene rings is 2. The number of hydrogen-bond acceptors (Lipinski definition) is 4. The number of rotatable bonds is 3. The lowest BCUT2D eigenvalue weighted by molar-refractivity contribution is -0.385. The fourth-order valence-corrected chi connectivity index (χ4v) is 1.67. The largest absolute Gasteiger partial charge is 0.508 e. The van der Waals surface area contributed by atoms with Crippen LogP contribution in [0, 0.1) is 17.0 Å². The van der Waals surface area contributed by atoms with Crippen molar-refractivity contribution in [3.05, 3.63) is 57.1 Å². The lowest BCUT2D eigenvalue weighted by Gasteiger charge is -2.07. The molecule has 2 aromatic carbocycles. The molecule has 0 fully saturated rings. The Morgan fingerprint density at radius 2 is 1.95 bits per heavy atom. The number of nitrogens with zero attached hydrogens (tertiary/aromatic N) is 1. The molecule has 2 rings (SSSR count). The minimum Gasteiger partial charge on any atom is -0.508 e. The number of halogens is 1. The van der Waals surface area contributed by atoms with Crippen LogP contribution in [-0.2, 0) is 0 Å². The molecule has 0 atom stereocenters. The van der Waals surface area contributed by atoms with Crippen molar-refractivity contribution < 1.29 is 14.8 Å². The van der Waals surface area contributed by atoms with Crippen molar-refractivity contribution in [2.24, 2.45) is 0 Å². The maximum atomic E-state index is 10.7. The number of hydrogen-bond donors (Lipinski definition) is 1. The van der Waals surface area contributed by atoms with E-state index in [1.807, 2.05) is 6.92 Å². The van der Waals surface area contributed by atoms with Gasteiger partial charge in [-0.25, -0.2) is 0 Å². The van der Waals surface area contributed by atoms with Crippen LogP contribution in [0.2, 0.25) is 5.02 Å². The summed E-state index contributed by atoms with van der Waals surface area (Å²) in [4.78, 5) is 10.1. The van der Waals surface area contributed by atoms with E-state index in [1.54, 1.807) is 18.2 Å². The number of nitro benzene ring substituents is 1. The Kier molecular flexibility index (Phi) is 3.57. The van der Waals surface area contributed by atoms with Crippen LogP contribution in [0.1, 0.15) is 5.56 Å². The molecule has 5 nitrogen and oxygen atoms in total. The van der Waals surface area contributed by atoms with Crippen molar-refractivity contribution in [1.82, 2.24) is 0 Å². The zero-order valence-electron chi connectivity index (χ0n) is 9.96. The molecule has 0 aliphatic rings. The number of phenolic OH excluding ortho intramolecular Hbond substituents is 1. The Hall–Kier alpha value is -2.27. The molecule has 0 bridgehead atoms. The fraction of sp³-hybridized carbons (Fsp3) is 0.0769. The molecule has 0 spiro atoms. The van der Waals surface area contributed by atoms with Crippen molar-refractivity contribution >= 4 is 17.3 Å². The summed E-state index contributed by atoms with van der Waals surface area (Å²) in [5.74, 6) is 0.449. The Labute approximate surface area is 114 Å². The number of aryl methyl sites for hydroxylation is 1. The Morgan fingerprint density at radius 1 is 1.21 bits per heavy atom. The highest BCUT2D eigenvalue weighted by Gasteiger charge is 2.11. The van der Waals surface area contributed by atoms with Gasteiger partial charge >= 0.3 is 0 Å². The zero-order valence-corrected chi connectivity index (χ0v) is 10.7. The quantitative estimate of drug-likeness (QED) is 0.679. The van der Waals surface area contributed by atoms with Crippen LogP contribution in [0.3, 0.4) is 0 Å². The van der Waals surface area contributed by atoms with E-state index in [-0.39, 0.29) is 17.2 Å². The first-order valence-corrected chi connectivity index (χ1v) is 5.76. The molecule has 19 heavy (non-hydrogen) atoms. The topological polar surface area (TPSA) is 72.6 Å². The molecule has 0 aliphatic carbocycles. The average molecular weight is 280 g/mol. The van der Waals surface area contributed by atoms with E-state index in [2.05, 4.69) is 0 Å². The summed E-state index contributed by atoms with van der Waals surface area (Å²) in [7, 11) is 0. The highest BCUT2D eigenvalue weighted by molar-refractivity contribution is 6.31. The predicted molar refractivity (Wildman–Crippen MR) is 71.0 cm³/mol. The van der Waals surface area contributed by atoms with Crippen molar-refractivity contribution in [3.63, 3.8) is 0 Å². The molecule has 0 aliphatic heterocycles. The van der Waals surface area contributed by atoms with Gasteiger partial charge in [0.15, 0.2) is 0 Å². The van der Waals surface area contributed by atoms with Gasteiger partial charge in [0.2, 0.25) is 0 Å². The normalized spacial score (nSPS) is 10.2. The highest BCUT2D eigenvalue weighted by atomic mass is 35.5. The number of non-ortho nitro benzene ring substituents is 1. The third-order valence-electron chi connectivity index (χ3n) is 2.45. The number of phenols is 1. The molecule has 98 valence electrons. The summed E-state index contributed by atoms with van der Waals surface area (Å²) in [6.45, 7) is 1.82. The van der Waals surface area contributed by atoms with Gasteiger partial charge in [0.25, 0.3) is 5.69 Å².